The lowest BCUT2D eigenvalue weighted by atomic mass is 9.91. The van der Waals surface area contributed by atoms with Crippen molar-refractivity contribution >= 4 is 27.3 Å². The van der Waals surface area contributed by atoms with Crippen molar-refractivity contribution in [3.63, 3.8) is 0 Å². The molecule has 2 saturated carbocycles. The summed E-state index contributed by atoms with van der Waals surface area (Å²) >= 11 is 0. The number of sulfonamides is 1. The summed E-state index contributed by atoms with van der Waals surface area (Å²) in [7, 11) is -3.90. The molecule has 4 N–H and O–H groups in total. The zero-order chi connectivity index (χ0) is 26.4. The van der Waals surface area contributed by atoms with Gasteiger partial charge in [0.25, 0.3) is 5.91 Å². The van der Waals surface area contributed by atoms with Gasteiger partial charge in [-0.3, -0.25) is 9.52 Å². The molecule has 3 aliphatic rings. The van der Waals surface area contributed by atoms with Crippen LogP contribution < -0.4 is 15.4 Å². The number of anilines is 2. The van der Waals surface area contributed by atoms with Crippen LogP contribution in [0.15, 0.2) is 18.3 Å². The number of carbonyl (C=O) groups excluding carboxylic acids is 1. The molecule has 0 atom stereocenters. The molecular weight excluding hydrogens is 506 g/mol. The van der Waals surface area contributed by atoms with Crippen LogP contribution in [-0.2, 0) is 10.0 Å². The summed E-state index contributed by atoms with van der Waals surface area (Å²) in [6.07, 6.45) is 5.68. The van der Waals surface area contributed by atoms with E-state index < -0.39 is 34.2 Å². The normalized spacial score (nSPS) is 21.2. The monoisotopic (exact) mass is 538 g/mol. The summed E-state index contributed by atoms with van der Waals surface area (Å²) in [4.78, 5) is 16.0. The molecule has 1 aliphatic heterocycles. The Morgan fingerprint density at radius 1 is 1.14 bits per heavy atom. The standard InChI is InChI=1S/C24H32F2N6O4S/c25-24(26)5-3-16(4-6-24)32-28-15-19(29-32)20-18(30-37(35,36)14-13-33)2-1-17(22(27)34)21(20)31-11-9-23(7-8-23)10-12-31/h1-2,15-16,30,33H,3-14H2,(H2,27,34). The molecule has 1 spiro atoms. The van der Waals surface area contributed by atoms with E-state index in [-0.39, 0.29) is 43.0 Å². The van der Waals surface area contributed by atoms with E-state index in [1.807, 2.05) is 4.90 Å². The third-order valence-electron chi connectivity index (χ3n) is 7.94. The Morgan fingerprint density at radius 3 is 2.41 bits per heavy atom. The predicted molar refractivity (Wildman–Crippen MR) is 134 cm³/mol. The van der Waals surface area contributed by atoms with Gasteiger partial charge in [0.05, 0.1) is 47.1 Å². The SMILES string of the molecule is NC(=O)c1ccc(NS(=O)(=O)CCO)c(-c2cnn(C3CCC(F)(F)CC3)n2)c1N1CCC2(CC1)CC2. The molecule has 5 rings (SSSR count). The van der Waals surface area contributed by atoms with Crippen molar-refractivity contribution in [1.29, 1.82) is 0 Å². The van der Waals surface area contributed by atoms with Gasteiger partial charge in [0.1, 0.15) is 5.69 Å². The van der Waals surface area contributed by atoms with Crippen LogP contribution in [0.3, 0.4) is 0 Å². The van der Waals surface area contributed by atoms with Gasteiger partial charge in [0.2, 0.25) is 15.9 Å². The topological polar surface area (TPSA) is 143 Å². The molecule has 1 amide bonds. The van der Waals surface area contributed by atoms with E-state index >= 15 is 0 Å². The van der Waals surface area contributed by atoms with Crippen LogP contribution in [0.1, 0.15) is 67.8 Å². The number of carbonyl (C=O) groups is 1. The molecule has 2 heterocycles. The zero-order valence-corrected chi connectivity index (χ0v) is 21.3. The Hall–Kier alpha value is -2.80. The molecular formula is C24H32F2N6O4S. The fourth-order valence-corrected chi connectivity index (χ4v) is 6.35. The first kappa shape index (κ1) is 25.8. The molecule has 1 saturated heterocycles. The van der Waals surface area contributed by atoms with Crippen LogP contribution in [0.25, 0.3) is 11.3 Å². The van der Waals surface area contributed by atoms with Crippen LogP contribution in [0, 0.1) is 5.41 Å². The second kappa shape index (κ2) is 9.50. The number of nitrogens with zero attached hydrogens (tertiary/aromatic N) is 4. The highest BCUT2D eigenvalue weighted by Crippen LogP contribution is 2.55. The van der Waals surface area contributed by atoms with Crippen LogP contribution in [0.2, 0.25) is 0 Å². The summed E-state index contributed by atoms with van der Waals surface area (Å²) in [5, 5.41) is 18.1. The summed E-state index contributed by atoms with van der Waals surface area (Å²) in [5.74, 6) is -3.86. The molecule has 13 heteroatoms. The molecule has 0 bridgehead atoms. The Labute approximate surface area is 214 Å². The Bertz CT molecular complexity index is 1270. The van der Waals surface area contributed by atoms with Crippen LogP contribution >= 0.6 is 0 Å². The van der Waals surface area contributed by atoms with Crippen molar-refractivity contribution < 1.29 is 27.1 Å². The molecule has 10 nitrogen and oxygen atoms in total. The summed E-state index contributed by atoms with van der Waals surface area (Å²) < 4.78 is 55.1. The van der Waals surface area contributed by atoms with E-state index in [2.05, 4.69) is 14.9 Å². The molecule has 1 aromatic heterocycles. The fourth-order valence-electron chi connectivity index (χ4n) is 5.51. The number of benzene rings is 1. The molecule has 37 heavy (non-hydrogen) atoms. The molecule has 2 aromatic rings. The Morgan fingerprint density at radius 2 is 1.81 bits per heavy atom. The number of aromatic nitrogens is 3. The number of halogens is 2. The maximum Gasteiger partial charge on any atom is 0.250 e. The van der Waals surface area contributed by atoms with Gasteiger partial charge < -0.3 is 15.7 Å². The number of alkyl halides is 2. The van der Waals surface area contributed by atoms with Gasteiger partial charge in [-0.25, -0.2) is 17.2 Å². The highest BCUT2D eigenvalue weighted by Gasteiger charge is 2.45. The first-order valence-corrected chi connectivity index (χ1v) is 14.3. The van der Waals surface area contributed by atoms with Gasteiger partial charge in [-0.1, -0.05) is 0 Å². The lowest BCUT2D eigenvalue weighted by molar-refractivity contribution is -0.0462. The minimum atomic E-state index is -3.90. The highest BCUT2D eigenvalue weighted by molar-refractivity contribution is 7.92. The maximum absolute atomic E-state index is 13.7. The van der Waals surface area contributed by atoms with Gasteiger partial charge in [-0.05, 0) is 56.1 Å². The quantitative estimate of drug-likeness (QED) is 0.469. The second-order valence-electron chi connectivity index (χ2n) is 10.5. The van der Waals surface area contributed by atoms with E-state index in [4.69, 9.17) is 5.73 Å². The smallest absolute Gasteiger partial charge is 0.250 e. The molecule has 0 radical (unpaired) electrons. The zero-order valence-electron chi connectivity index (χ0n) is 20.5. The number of amides is 1. The minimum absolute atomic E-state index is 0.183. The Balaban J connectivity index is 1.58. The van der Waals surface area contributed by atoms with Crippen LogP contribution in [-0.4, -0.2) is 65.8 Å². The van der Waals surface area contributed by atoms with Gasteiger partial charge in [-0.15, -0.1) is 0 Å². The number of aliphatic hydroxyl groups is 1. The number of rotatable bonds is 8. The summed E-state index contributed by atoms with van der Waals surface area (Å²) in [5.41, 5.74) is 7.68. The number of piperidine rings is 1. The number of primary amides is 1. The van der Waals surface area contributed by atoms with Crippen molar-refractivity contribution in [3.05, 3.63) is 23.9 Å². The lowest BCUT2D eigenvalue weighted by Gasteiger charge is -2.36. The molecule has 202 valence electrons. The average molecular weight is 539 g/mol. The molecule has 1 aromatic carbocycles. The van der Waals surface area contributed by atoms with E-state index in [1.54, 1.807) is 0 Å². The van der Waals surface area contributed by atoms with Crippen molar-refractivity contribution in [3.8, 4) is 11.3 Å². The predicted octanol–water partition coefficient (Wildman–Crippen LogP) is 2.91. The largest absolute Gasteiger partial charge is 0.395 e. The molecule has 0 unspecified atom stereocenters. The van der Waals surface area contributed by atoms with Crippen molar-refractivity contribution in [1.82, 2.24) is 15.0 Å². The van der Waals surface area contributed by atoms with Crippen molar-refractivity contribution in [2.75, 3.05) is 35.1 Å². The van der Waals surface area contributed by atoms with Crippen molar-refractivity contribution in [2.24, 2.45) is 11.1 Å². The van der Waals surface area contributed by atoms with Crippen LogP contribution in [0.4, 0.5) is 20.2 Å². The fraction of sp³-hybridized carbons (Fsp3) is 0.625. The lowest BCUT2D eigenvalue weighted by Crippen LogP contribution is -2.36. The number of hydrogen-bond acceptors (Lipinski definition) is 7. The first-order chi connectivity index (χ1) is 17.5. The summed E-state index contributed by atoms with van der Waals surface area (Å²) in [6.45, 7) is 0.783. The van der Waals surface area contributed by atoms with Gasteiger partial charge in [0.15, 0.2) is 0 Å². The van der Waals surface area contributed by atoms with Gasteiger partial charge in [-0.2, -0.15) is 15.0 Å². The Kier molecular flexibility index (Phi) is 6.63. The van der Waals surface area contributed by atoms with E-state index in [9.17, 15) is 27.1 Å². The average Bonchev–Trinajstić information content (AvgIpc) is 3.40. The van der Waals surface area contributed by atoms with E-state index in [0.717, 1.165) is 12.8 Å². The first-order valence-electron chi connectivity index (χ1n) is 12.6. The number of nitrogens with two attached hydrogens (primary N) is 1. The van der Waals surface area contributed by atoms with Crippen LogP contribution in [0.5, 0.6) is 0 Å². The number of hydrogen-bond donors (Lipinski definition) is 3. The number of aliphatic hydroxyl groups excluding tert-OH is 1. The third kappa shape index (κ3) is 5.42. The van der Waals surface area contributed by atoms with Gasteiger partial charge >= 0.3 is 0 Å². The molecule has 2 aliphatic carbocycles. The number of nitrogens with one attached hydrogen (secondary N) is 1. The maximum atomic E-state index is 13.7. The second-order valence-corrected chi connectivity index (χ2v) is 12.4. The van der Waals surface area contributed by atoms with Crippen molar-refractivity contribution in [2.45, 2.75) is 63.3 Å². The third-order valence-corrected chi connectivity index (χ3v) is 9.20. The van der Waals surface area contributed by atoms with Gasteiger partial charge in [0, 0.05) is 25.9 Å². The summed E-state index contributed by atoms with van der Waals surface area (Å²) in [6, 6.07) is 2.64. The van der Waals surface area contributed by atoms with E-state index in [0.29, 0.717) is 35.4 Å². The minimum Gasteiger partial charge on any atom is -0.395 e. The van der Waals surface area contributed by atoms with E-state index in [1.165, 1.54) is 36.0 Å². The molecule has 3 fully saturated rings. The highest BCUT2D eigenvalue weighted by atomic mass is 32.2.